The molecular weight excluding hydrogens is 122 g/mol. The van der Waals surface area contributed by atoms with Gasteiger partial charge in [-0.05, 0) is 0 Å². The smallest absolute Gasteiger partial charge is 0.141 e. The third-order valence-corrected chi connectivity index (χ3v) is 1.67. The van der Waals surface area contributed by atoms with Crippen LogP contribution >= 0.6 is 11.8 Å². The van der Waals surface area contributed by atoms with E-state index in [9.17, 15) is 4.79 Å². The molecule has 0 amide bonds. The van der Waals surface area contributed by atoms with E-state index in [1.54, 1.807) is 12.2 Å². The second-order valence-corrected chi connectivity index (χ2v) is 2.49. The number of hydrogen-bond acceptors (Lipinski definition) is 3. The van der Waals surface area contributed by atoms with E-state index in [-0.39, 0.29) is 0 Å². The number of allylic oxidation sites excluding steroid dienone is 1. The summed E-state index contributed by atoms with van der Waals surface area (Å²) in [5.41, 5.74) is 0. The molecule has 1 aliphatic heterocycles. The van der Waals surface area contributed by atoms with Gasteiger partial charge < -0.3 is 0 Å². The summed E-state index contributed by atoms with van der Waals surface area (Å²) in [6.07, 6.45) is 1.57. The van der Waals surface area contributed by atoms with Crippen LogP contribution in [0.2, 0.25) is 0 Å². The first kappa shape index (κ1) is 5.60. The maximum absolute atomic E-state index is 9.89. The summed E-state index contributed by atoms with van der Waals surface area (Å²) in [6, 6.07) is 0. The van der Waals surface area contributed by atoms with Crippen LogP contribution in [0.3, 0.4) is 0 Å². The van der Waals surface area contributed by atoms with Crippen LogP contribution in [0.4, 0.5) is 0 Å². The second-order valence-electron chi connectivity index (χ2n) is 1.35. The molecule has 3 heteroatoms. The third kappa shape index (κ3) is 1.22. The quantitative estimate of drug-likeness (QED) is 0.444. The topological polar surface area (TPSA) is 29.4 Å². The van der Waals surface area contributed by atoms with E-state index in [2.05, 4.69) is 4.99 Å². The van der Waals surface area contributed by atoms with Gasteiger partial charge in [-0.2, -0.15) is 0 Å². The predicted octanol–water partition coefficient (Wildman–Crippen LogP) is 0.519. The molecule has 0 saturated heterocycles. The maximum Gasteiger partial charge on any atom is 0.141 e. The van der Waals surface area contributed by atoms with Crippen LogP contribution in [0.25, 0.3) is 0 Å². The van der Waals surface area contributed by atoms with Crippen molar-refractivity contribution in [2.45, 2.75) is 0 Å². The van der Waals surface area contributed by atoms with Crippen molar-refractivity contribution in [1.29, 1.82) is 0 Å². The molecule has 0 bridgehead atoms. The SMILES string of the molecule is O=C=C1C=NCCS1. The Bertz CT molecular complexity index is 158. The first-order chi connectivity index (χ1) is 3.93. The molecule has 8 heavy (non-hydrogen) atoms. The molecule has 0 spiro atoms. The lowest BCUT2D eigenvalue weighted by Crippen LogP contribution is -1.95. The Morgan fingerprint density at radius 1 is 1.88 bits per heavy atom. The molecule has 0 aliphatic carbocycles. The van der Waals surface area contributed by atoms with Gasteiger partial charge in [0.2, 0.25) is 0 Å². The minimum atomic E-state index is 0.622. The zero-order chi connectivity index (χ0) is 5.82. The summed E-state index contributed by atoms with van der Waals surface area (Å²) in [4.78, 5) is 14.4. The highest BCUT2D eigenvalue weighted by atomic mass is 32.2. The van der Waals surface area contributed by atoms with E-state index in [0.29, 0.717) is 4.91 Å². The van der Waals surface area contributed by atoms with Gasteiger partial charge in [-0.25, -0.2) is 4.79 Å². The Morgan fingerprint density at radius 2 is 2.75 bits per heavy atom. The van der Waals surface area contributed by atoms with E-state index < -0.39 is 0 Å². The standard InChI is InChI=1S/C5H5NOS/c7-4-5-3-6-1-2-8-5/h3H,1-2H2. The fourth-order valence-corrected chi connectivity index (χ4v) is 1.07. The Hall–Kier alpha value is -0.530. The normalized spacial score (nSPS) is 18.2. The van der Waals surface area contributed by atoms with Gasteiger partial charge in [-0.3, -0.25) is 4.99 Å². The van der Waals surface area contributed by atoms with Crippen molar-refractivity contribution in [2.75, 3.05) is 12.3 Å². The summed E-state index contributed by atoms with van der Waals surface area (Å²) < 4.78 is 0. The van der Waals surface area contributed by atoms with Crippen LogP contribution in [-0.4, -0.2) is 24.5 Å². The van der Waals surface area contributed by atoms with Gasteiger partial charge in [-0.15, -0.1) is 11.8 Å². The first-order valence-electron chi connectivity index (χ1n) is 2.31. The van der Waals surface area contributed by atoms with Gasteiger partial charge in [0.25, 0.3) is 0 Å². The molecule has 0 aromatic carbocycles. The number of hydrogen-bond donors (Lipinski definition) is 0. The van der Waals surface area contributed by atoms with Crippen LogP contribution < -0.4 is 0 Å². The lowest BCUT2D eigenvalue weighted by atomic mass is 10.6. The average molecular weight is 127 g/mol. The molecule has 1 heterocycles. The van der Waals surface area contributed by atoms with E-state index >= 15 is 0 Å². The van der Waals surface area contributed by atoms with Gasteiger partial charge >= 0.3 is 0 Å². The Morgan fingerprint density at radius 3 is 3.12 bits per heavy atom. The molecule has 0 aromatic heterocycles. The molecule has 2 nitrogen and oxygen atoms in total. The number of nitrogens with zero attached hydrogens (tertiary/aromatic N) is 1. The molecule has 0 N–H and O–H groups in total. The molecule has 1 aliphatic rings. The number of rotatable bonds is 0. The van der Waals surface area contributed by atoms with Crippen LogP contribution in [0.1, 0.15) is 0 Å². The second kappa shape index (κ2) is 2.70. The van der Waals surface area contributed by atoms with Gasteiger partial charge in [-0.1, -0.05) is 0 Å². The van der Waals surface area contributed by atoms with E-state index in [1.165, 1.54) is 11.8 Å². The monoisotopic (exact) mass is 127 g/mol. The number of thioether (sulfide) groups is 1. The maximum atomic E-state index is 9.89. The highest BCUT2D eigenvalue weighted by Gasteiger charge is 1.98. The number of aliphatic imine (C=N–C) groups is 1. The summed E-state index contributed by atoms with van der Waals surface area (Å²) in [5, 5.41) is 0. The molecule has 0 unspecified atom stereocenters. The molecule has 0 radical (unpaired) electrons. The predicted molar refractivity (Wildman–Crippen MR) is 35.0 cm³/mol. The molecule has 0 atom stereocenters. The van der Waals surface area contributed by atoms with Crippen LogP contribution in [0, 0.1) is 0 Å². The van der Waals surface area contributed by atoms with E-state index in [4.69, 9.17) is 0 Å². The summed E-state index contributed by atoms with van der Waals surface area (Å²) in [5.74, 6) is 2.70. The van der Waals surface area contributed by atoms with Crippen molar-refractivity contribution in [3.8, 4) is 0 Å². The van der Waals surface area contributed by atoms with Crippen molar-refractivity contribution >= 4 is 23.9 Å². The number of carbonyl (C=O) groups excluding carboxylic acids is 1. The Kier molecular flexibility index (Phi) is 1.89. The van der Waals surface area contributed by atoms with Crippen molar-refractivity contribution in [2.24, 2.45) is 4.99 Å². The summed E-state index contributed by atoms with van der Waals surface area (Å²) in [7, 11) is 0. The minimum Gasteiger partial charge on any atom is -0.290 e. The minimum absolute atomic E-state index is 0.622. The zero-order valence-electron chi connectivity index (χ0n) is 4.26. The van der Waals surface area contributed by atoms with E-state index in [0.717, 1.165) is 12.3 Å². The molecule has 0 fully saturated rings. The first-order valence-corrected chi connectivity index (χ1v) is 3.30. The van der Waals surface area contributed by atoms with Crippen molar-refractivity contribution in [3.63, 3.8) is 0 Å². The van der Waals surface area contributed by atoms with Crippen molar-refractivity contribution < 1.29 is 4.79 Å². The Balaban J connectivity index is 2.70. The van der Waals surface area contributed by atoms with Crippen LogP contribution in [-0.2, 0) is 4.79 Å². The average Bonchev–Trinajstić information content (AvgIpc) is 1.90. The third-order valence-electron chi connectivity index (χ3n) is 0.787. The van der Waals surface area contributed by atoms with Crippen molar-refractivity contribution in [1.82, 2.24) is 0 Å². The lowest BCUT2D eigenvalue weighted by molar-refractivity contribution is 0.569. The lowest BCUT2D eigenvalue weighted by Gasteiger charge is -1.99. The van der Waals surface area contributed by atoms with Gasteiger partial charge in [0, 0.05) is 18.5 Å². The van der Waals surface area contributed by atoms with E-state index in [1.807, 2.05) is 0 Å². The van der Waals surface area contributed by atoms with Gasteiger partial charge in [0.1, 0.15) is 10.8 Å². The van der Waals surface area contributed by atoms with Crippen molar-refractivity contribution in [3.05, 3.63) is 4.91 Å². The van der Waals surface area contributed by atoms with Crippen LogP contribution in [0.5, 0.6) is 0 Å². The van der Waals surface area contributed by atoms with Gasteiger partial charge in [0.15, 0.2) is 0 Å². The summed E-state index contributed by atoms with van der Waals surface area (Å²) in [6.45, 7) is 0.829. The fourth-order valence-electron chi connectivity index (χ4n) is 0.449. The zero-order valence-corrected chi connectivity index (χ0v) is 5.07. The largest absolute Gasteiger partial charge is 0.290 e. The molecule has 42 valence electrons. The van der Waals surface area contributed by atoms with Gasteiger partial charge in [0.05, 0.1) is 0 Å². The molecule has 1 rings (SSSR count). The fraction of sp³-hybridized carbons (Fsp3) is 0.400. The highest BCUT2D eigenvalue weighted by molar-refractivity contribution is 8.04. The molecule has 0 aromatic rings. The van der Waals surface area contributed by atoms with Crippen LogP contribution in [0.15, 0.2) is 9.90 Å². The Labute approximate surface area is 51.7 Å². The molecule has 0 saturated carbocycles. The highest BCUT2D eigenvalue weighted by Crippen LogP contribution is 2.12. The molecular formula is C5H5NOS. The summed E-state index contributed by atoms with van der Waals surface area (Å²) >= 11 is 1.51.